The number of nitrogens with zero attached hydrogens (tertiary/aromatic N) is 5. The smallest absolute Gasteiger partial charge is 0.252 e. The molecule has 31 heavy (non-hydrogen) atoms. The topological polar surface area (TPSA) is 99.9 Å². The Morgan fingerprint density at radius 2 is 1.90 bits per heavy atom. The van der Waals surface area contributed by atoms with Gasteiger partial charge in [0.2, 0.25) is 0 Å². The van der Waals surface area contributed by atoms with Crippen molar-refractivity contribution in [3.63, 3.8) is 0 Å². The van der Waals surface area contributed by atoms with E-state index in [4.69, 9.17) is 0 Å². The molecule has 0 bridgehead atoms. The highest BCUT2D eigenvalue weighted by Crippen LogP contribution is 2.28. The Bertz CT molecular complexity index is 1100. The quantitative estimate of drug-likeness (QED) is 0.545. The normalized spacial score (nSPS) is 13.3. The van der Waals surface area contributed by atoms with Crippen molar-refractivity contribution in [2.75, 3.05) is 13.2 Å². The Kier molecular flexibility index (Phi) is 6.91. The van der Waals surface area contributed by atoms with Crippen LogP contribution in [0.1, 0.15) is 69.1 Å². The molecule has 3 aromatic rings. The summed E-state index contributed by atoms with van der Waals surface area (Å²) in [4.78, 5) is 18.0. The first-order valence-corrected chi connectivity index (χ1v) is 11.0. The van der Waals surface area contributed by atoms with E-state index in [1.165, 1.54) is 5.56 Å². The number of aromatic nitrogens is 5. The maximum atomic E-state index is 12.8. The van der Waals surface area contributed by atoms with Crippen molar-refractivity contribution in [1.82, 2.24) is 30.1 Å². The molecule has 0 saturated heterocycles. The Morgan fingerprint density at radius 3 is 2.55 bits per heavy atom. The van der Waals surface area contributed by atoms with Crippen LogP contribution in [0.3, 0.4) is 0 Å². The van der Waals surface area contributed by atoms with Crippen molar-refractivity contribution in [3.05, 3.63) is 51.1 Å². The van der Waals surface area contributed by atoms with Gasteiger partial charge in [0.25, 0.3) is 5.56 Å². The van der Waals surface area contributed by atoms with Crippen molar-refractivity contribution < 1.29 is 5.11 Å². The lowest BCUT2D eigenvalue weighted by molar-refractivity contribution is 0.125. The first-order valence-electron chi connectivity index (χ1n) is 11.0. The number of aromatic amines is 1. The number of hydrogen-bond donors (Lipinski definition) is 2. The van der Waals surface area contributed by atoms with Crippen LogP contribution in [-0.2, 0) is 12.1 Å². The van der Waals surface area contributed by atoms with Crippen LogP contribution in [-0.4, -0.2) is 48.3 Å². The van der Waals surface area contributed by atoms with Gasteiger partial charge in [-0.05, 0) is 85.7 Å². The number of H-pyrrole nitrogens is 1. The lowest BCUT2D eigenvalue weighted by Crippen LogP contribution is -2.37. The Morgan fingerprint density at radius 1 is 1.19 bits per heavy atom. The molecule has 8 nitrogen and oxygen atoms in total. The fourth-order valence-electron chi connectivity index (χ4n) is 3.92. The van der Waals surface area contributed by atoms with E-state index in [2.05, 4.69) is 66.1 Å². The molecule has 0 radical (unpaired) electrons. The van der Waals surface area contributed by atoms with Crippen LogP contribution >= 0.6 is 0 Å². The maximum absolute atomic E-state index is 12.8. The van der Waals surface area contributed by atoms with E-state index in [-0.39, 0.29) is 23.7 Å². The van der Waals surface area contributed by atoms with Gasteiger partial charge in [0.1, 0.15) is 0 Å². The highest BCUT2D eigenvalue weighted by molar-refractivity contribution is 5.80. The second-order valence-corrected chi connectivity index (χ2v) is 8.88. The van der Waals surface area contributed by atoms with Crippen molar-refractivity contribution in [1.29, 1.82) is 0 Å². The summed E-state index contributed by atoms with van der Waals surface area (Å²) in [5.41, 5.74) is 3.50. The van der Waals surface area contributed by atoms with Gasteiger partial charge in [0.05, 0.1) is 18.2 Å². The van der Waals surface area contributed by atoms with Gasteiger partial charge in [-0.2, -0.15) is 0 Å². The standard InChI is InChI=1S/C23H34N6O2/c1-7-20(21-25-26-27-29(21)23(5,6)8-2)28(9-10-30)14-18-13-17-11-15(3)16(4)12-19(17)24-22(18)31/h11-13,20,30H,7-10,14H2,1-6H3,(H,24,31)/t20-/m1/s1. The molecule has 0 unspecified atom stereocenters. The molecular formula is C23H34N6O2. The summed E-state index contributed by atoms with van der Waals surface area (Å²) >= 11 is 0. The molecule has 3 rings (SSSR count). The van der Waals surface area contributed by atoms with Crippen molar-refractivity contribution in [3.8, 4) is 0 Å². The van der Waals surface area contributed by atoms with E-state index in [0.29, 0.717) is 18.7 Å². The number of aryl methyl sites for hydroxylation is 2. The molecule has 168 valence electrons. The number of hydrogen-bond acceptors (Lipinski definition) is 6. The molecule has 2 N–H and O–H groups in total. The van der Waals surface area contributed by atoms with Crippen LogP contribution < -0.4 is 5.56 Å². The van der Waals surface area contributed by atoms with Gasteiger partial charge in [-0.3, -0.25) is 9.69 Å². The van der Waals surface area contributed by atoms with Crippen LogP contribution in [0.5, 0.6) is 0 Å². The zero-order valence-electron chi connectivity index (χ0n) is 19.4. The van der Waals surface area contributed by atoms with Gasteiger partial charge in [-0.25, -0.2) is 4.68 Å². The van der Waals surface area contributed by atoms with Crippen molar-refractivity contribution >= 4 is 10.9 Å². The van der Waals surface area contributed by atoms with E-state index < -0.39 is 0 Å². The second-order valence-electron chi connectivity index (χ2n) is 8.88. The molecule has 1 aromatic carbocycles. The minimum atomic E-state index is -0.229. The molecule has 2 heterocycles. The van der Waals surface area contributed by atoms with Gasteiger partial charge in [-0.15, -0.1) is 5.10 Å². The van der Waals surface area contributed by atoms with E-state index in [9.17, 15) is 9.90 Å². The number of fused-ring (bicyclic) bond motifs is 1. The number of aliphatic hydroxyl groups is 1. The van der Waals surface area contributed by atoms with Crippen LogP contribution in [0, 0.1) is 13.8 Å². The average Bonchev–Trinajstić information content (AvgIpc) is 3.21. The van der Waals surface area contributed by atoms with Crippen LogP contribution in [0.15, 0.2) is 23.0 Å². The number of nitrogens with one attached hydrogen (secondary N) is 1. The van der Waals surface area contributed by atoms with Gasteiger partial charge in [-0.1, -0.05) is 13.8 Å². The molecule has 0 saturated carbocycles. The molecule has 0 aliphatic carbocycles. The van der Waals surface area contributed by atoms with Gasteiger partial charge in [0, 0.05) is 24.2 Å². The highest BCUT2D eigenvalue weighted by Gasteiger charge is 2.30. The maximum Gasteiger partial charge on any atom is 0.252 e. The first kappa shape index (κ1) is 23.1. The summed E-state index contributed by atoms with van der Waals surface area (Å²) in [6.45, 7) is 13.3. The highest BCUT2D eigenvalue weighted by atomic mass is 16.3. The lowest BCUT2D eigenvalue weighted by atomic mass is 10.0. The second kappa shape index (κ2) is 9.28. The summed E-state index contributed by atoms with van der Waals surface area (Å²) in [6, 6.07) is 5.94. The lowest BCUT2D eigenvalue weighted by Gasteiger charge is -2.32. The number of aliphatic hydroxyl groups excluding tert-OH is 1. The molecule has 0 spiro atoms. The summed E-state index contributed by atoms with van der Waals surface area (Å²) in [5, 5.41) is 23.3. The Labute approximate surface area is 183 Å². The minimum Gasteiger partial charge on any atom is -0.395 e. The fraction of sp³-hybridized carbons (Fsp3) is 0.565. The summed E-state index contributed by atoms with van der Waals surface area (Å²) in [6.07, 6.45) is 1.63. The predicted octanol–water partition coefficient (Wildman–Crippen LogP) is 3.22. The van der Waals surface area contributed by atoms with E-state index in [0.717, 1.165) is 35.1 Å². The van der Waals surface area contributed by atoms with Gasteiger partial charge >= 0.3 is 0 Å². The molecule has 8 heteroatoms. The van der Waals surface area contributed by atoms with E-state index in [1.807, 2.05) is 23.7 Å². The average molecular weight is 427 g/mol. The number of pyridine rings is 1. The number of tetrazole rings is 1. The van der Waals surface area contributed by atoms with E-state index in [1.54, 1.807) is 0 Å². The third-order valence-electron chi connectivity index (χ3n) is 6.35. The largest absolute Gasteiger partial charge is 0.395 e. The minimum absolute atomic E-state index is 0.0149. The van der Waals surface area contributed by atoms with Gasteiger partial charge in [0.15, 0.2) is 5.82 Å². The summed E-state index contributed by atoms with van der Waals surface area (Å²) in [5.74, 6) is 0.756. The van der Waals surface area contributed by atoms with E-state index >= 15 is 0 Å². The number of rotatable bonds is 9. The third-order valence-corrected chi connectivity index (χ3v) is 6.35. The molecule has 1 atom stereocenters. The van der Waals surface area contributed by atoms with Crippen molar-refractivity contribution in [2.45, 2.75) is 72.5 Å². The molecule has 0 amide bonds. The molecule has 0 aliphatic heterocycles. The van der Waals surface area contributed by atoms with Crippen LogP contribution in [0.25, 0.3) is 10.9 Å². The Hall–Kier alpha value is -2.58. The zero-order chi connectivity index (χ0) is 22.8. The first-order chi connectivity index (χ1) is 14.7. The summed E-state index contributed by atoms with van der Waals surface area (Å²) < 4.78 is 1.88. The van der Waals surface area contributed by atoms with Crippen LogP contribution in [0.4, 0.5) is 0 Å². The molecule has 2 aromatic heterocycles. The monoisotopic (exact) mass is 426 g/mol. The third kappa shape index (κ3) is 4.70. The van der Waals surface area contributed by atoms with Crippen molar-refractivity contribution in [2.24, 2.45) is 0 Å². The van der Waals surface area contributed by atoms with Crippen LogP contribution in [0.2, 0.25) is 0 Å². The zero-order valence-corrected chi connectivity index (χ0v) is 19.4. The predicted molar refractivity (Wildman–Crippen MR) is 122 cm³/mol. The summed E-state index contributed by atoms with van der Waals surface area (Å²) in [7, 11) is 0. The molecule has 0 aliphatic rings. The van der Waals surface area contributed by atoms with Gasteiger partial charge < -0.3 is 10.1 Å². The Balaban J connectivity index is 2.01. The molecule has 0 fully saturated rings. The SMILES string of the molecule is CC[C@H](c1nnnn1C(C)(C)CC)N(CCO)Cc1cc2cc(C)c(C)cc2[nH]c1=O. The fourth-order valence-corrected chi connectivity index (χ4v) is 3.92. The number of benzene rings is 1. The molecular weight excluding hydrogens is 392 g/mol.